The number of carboxylic acid groups (broad SMARTS) is 1. The first-order chi connectivity index (χ1) is 8.40. The monoisotopic (exact) mass is 322 g/mol. The number of anilines is 1. The number of carbonyl (C=O) groups is 2. The predicted molar refractivity (Wildman–Crippen MR) is 64.1 cm³/mol. The second kappa shape index (κ2) is 6.29. The van der Waals surface area contributed by atoms with Crippen molar-refractivity contribution >= 4 is 33.6 Å². The van der Waals surface area contributed by atoms with Crippen LogP contribution in [0.25, 0.3) is 0 Å². The van der Waals surface area contributed by atoms with Crippen molar-refractivity contribution < 1.29 is 23.5 Å². The number of urea groups is 1. The Balaban J connectivity index is 2.79. The van der Waals surface area contributed by atoms with Crippen LogP contribution in [0.2, 0.25) is 0 Å². The molecule has 1 aromatic carbocycles. The number of hydrogen-bond donors (Lipinski definition) is 3. The molecule has 2 amide bonds. The molecule has 0 atom stereocenters. The number of carboxylic acids is 1. The number of halogens is 3. The minimum Gasteiger partial charge on any atom is -0.478 e. The average molecular weight is 323 g/mol. The van der Waals surface area contributed by atoms with Crippen LogP contribution in [0.5, 0.6) is 0 Å². The third-order valence-corrected chi connectivity index (χ3v) is 2.37. The molecule has 0 saturated heterocycles. The first-order valence-corrected chi connectivity index (χ1v) is 5.55. The minimum absolute atomic E-state index is 0.0173. The summed E-state index contributed by atoms with van der Waals surface area (Å²) in [6.07, 6.45) is -2.67. The Bertz CT molecular complexity index is 468. The lowest BCUT2D eigenvalue weighted by molar-refractivity contribution is 0.0698. The zero-order chi connectivity index (χ0) is 13.7. The van der Waals surface area contributed by atoms with Crippen molar-refractivity contribution in [3.63, 3.8) is 0 Å². The van der Waals surface area contributed by atoms with Crippen molar-refractivity contribution in [2.45, 2.75) is 6.43 Å². The average Bonchev–Trinajstić information content (AvgIpc) is 2.26. The van der Waals surface area contributed by atoms with E-state index in [1.54, 1.807) is 0 Å². The summed E-state index contributed by atoms with van der Waals surface area (Å²) in [4.78, 5) is 22.1. The van der Waals surface area contributed by atoms with Crippen molar-refractivity contribution in [2.75, 3.05) is 11.9 Å². The van der Waals surface area contributed by atoms with Crippen LogP contribution in [0, 0.1) is 0 Å². The lowest BCUT2D eigenvalue weighted by atomic mass is 10.2. The standard InChI is InChI=1S/C10H9BrF2N2O3/c11-5-1-2-6(9(16)17)7(3-5)15-10(18)14-4-8(12)13/h1-3,8H,4H2,(H,16,17)(H2,14,15,18). The Morgan fingerprint density at radius 2 is 2.06 bits per heavy atom. The third kappa shape index (κ3) is 4.28. The molecule has 0 radical (unpaired) electrons. The van der Waals surface area contributed by atoms with Crippen LogP contribution in [-0.2, 0) is 0 Å². The van der Waals surface area contributed by atoms with Gasteiger partial charge in [0.25, 0.3) is 6.43 Å². The number of amides is 2. The summed E-state index contributed by atoms with van der Waals surface area (Å²) >= 11 is 3.11. The van der Waals surface area contributed by atoms with Crippen LogP contribution >= 0.6 is 15.9 Å². The fourth-order valence-electron chi connectivity index (χ4n) is 1.14. The van der Waals surface area contributed by atoms with E-state index in [2.05, 4.69) is 21.2 Å². The number of rotatable bonds is 4. The Morgan fingerprint density at radius 1 is 1.39 bits per heavy atom. The first-order valence-electron chi connectivity index (χ1n) is 4.76. The van der Waals surface area contributed by atoms with Gasteiger partial charge in [0.1, 0.15) is 0 Å². The van der Waals surface area contributed by atoms with Gasteiger partial charge in [-0.15, -0.1) is 0 Å². The Hall–Kier alpha value is -1.70. The predicted octanol–water partition coefficient (Wildman–Crippen LogP) is 2.53. The number of aromatic carboxylic acids is 1. The normalized spacial score (nSPS) is 10.2. The van der Waals surface area contributed by atoms with E-state index in [1.165, 1.54) is 18.2 Å². The van der Waals surface area contributed by atoms with E-state index in [4.69, 9.17) is 5.11 Å². The van der Waals surface area contributed by atoms with Gasteiger partial charge in [-0.2, -0.15) is 0 Å². The SMILES string of the molecule is O=C(NCC(F)F)Nc1cc(Br)ccc1C(=O)O. The zero-order valence-corrected chi connectivity index (χ0v) is 10.5. The van der Waals surface area contributed by atoms with Gasteiger partial charge in [0, 0.05) is 4.47 Å². The number of hydrogen-bond acceptors (Lipinski definition) is 2. The van der Waals surface area contributed by atoms with Crippen LogP contribution in [0.15, 0.2) is 22.7 Å². The molecule has 0 aliphatic carbocycles. The van der Waals surface area contributed by atoms with E-state index in [-0.39, 0.29) is 11.3 Å². The molecule has 0 spiro atoms. The maximum atomic E-state index is 11.9. The molecule has 0 heterocycles. The van der Waals surface area contributed by atoms with E-state index < -0.39 is 25.0 Å². The molecule has 0 aromatic heterocycles. The molecule has 0 aliphatic heterocycles. The van der Waals surface area contributed by atoms with E-state index in [0.29, 0.717) is 4.47 Å². The van der Waals surface area contributed by atoms with Gasteiger partial charge in [-0.25, -0.2) is 18.4 Å². The smallest absolute Gasteiger partial charge is 0.337 e. The molecule has 0 unspecified atom stereocenters. The second-order valence-electron chi connectivity index (χ2n) is 3.22. The van der Waals surface area contributed by atoms with Crippen LogP contribution in [0.1, 0.15) is 10.4 Å². The van der Waals surface area contributed by atoms with Gasteiger partial charge < -0.3 is 15.7 Å². The van der Waals surface area contributed by atoms with Crippen molar-refractivity contribution in [1.29, 1.82) is 0 Å². The largest absolute Gasteiger partial charge is 0.478 e. The first kappa shape index (κ1) is 14.4. The highest BCUT2D eigenvalue weighted by molar-refractivity contribution is 9.10. The summed E-state index contributed by atoms with van der Waals surface area (Å²) in [7, 11) is 0. The van der Waals surface area contributed by atoms with E-state index in [1.807, 2.05) is 5.32 Å². The van der Waals surface area contributed by atoms with E-state index in [9.17, 15) is 18.4 Å². The summed E-state index contributed by atoms with van der Waals surface area (Å²) in [5.41, 5.74) is -0.117. The van der Waals surface area contributed by atoms with Crippen LogP contribution in [0.3, 0.4) is 0 Å². The molecular weight excluding hydrogens is 314 g/mol. The third-order valence-electron chi connectivity index (χ3n) is 1.88. The summed E-state index contributed by atoms with van der Waals surface area (Å²) in [6, 6.07) is 3.25. The Kier molecular flexibility index (Phi) is 5.02. The lowest BCUT2D eigenvalue weighted by Gasteiger charge is -2.10. The van der Waals surface area contributed by atoms with Gasteiger partial charge in [0.05, 0.1) is 17.8 Å². The van der Waals surface area contributed by atoms with Gasteiger partial charge in [-0.1, -0.05) is 15.9 Å². The molecule has 0 bridgehead atoms. The molecular formula is C10H9BrF2N2O3. The molecule has 5 nitrogen and oxygen atoms in total. The topological polar surface area (TPSA) is 78.4 Å². The molecule has 0 saturated carbocycles. The van der Waals surface area contributed by atoms with Crippen molar-refractivity contribution in [2.24, 2.45) is 0 Å². The van der Waals surface area contributed by atoms with Gasteiger partial charge in [-0.3, -0.25) is 0 Å². The number of carbonyl (C=O) groups excluding carboxylic acids is 1. The molecule has 0 fully saturated rings. The fourth-order valence-corrected chi connectivity index (χ4v) is 1.50. The molecule has 1 aromatic rings. The van der Waals surface area contributed by atoms with Crippen molar-refractivity contribution in [3.8, 4) is 0 Å². The molecule has 98 valence electrons. The maximum absolute atomic E-state index is 11.9. The van der Waals surface area contributed by atoms with Gasteiger partial charge in [0.2, 0.25) is 0 Å². The van der Waals surface area contributed by atoms with E-state index in [0.717, 1.165) is 0 Å². The minimum atomic E-state index is -2.67. The summed E-state index contributed by atoms with van der Waals surface area (Å²) < 4.78 is 24.3. The number of alkyl halides is 2. The molecule has 0 aliphatic rings. The summed E-state index contributed by atoms with van der Waals surface area (Å²) in [6.45, 7) is -0.803. The number of nitrogens with one attached hydrogen (secondary N) is 2. The second-order valence-corrected chi connectivity index (χ2v) is 4.14. The fraction of sp³-hybridized carbons (Fsp3) is 0.200. The zero-order valence-electron chi connectivity index (χ0n) is 8.91. The van der Waals surface area contributed by atoms with E-state index >= 15 is 0 Å². The highest BCUT2D eigenvalue weighted by Crippen LogP contribution is 2.21. The van der Waals surface area contributed by atoms with Crippen LogP contribution in [-0.4, -0.2) is 30.1 Å². The molecule has 18 heavy (non-hydrogen) atoms. The summed E-state index contributed by atoms with van der Waals surface area (Å²) in [5, 5.41) is 13.0. The Morgan fingerprint density at radius 3 is 2.61 bits per heavy atom. The Labute approximate surface area is 109 Å². The van der Waals surface area contributed by atoms with Crippen molar-refractivity contribution in [3.05, 3.63) is 28.2 Å². The van der Waals surface area contributed by atoms with Gasteiger partial charge in [-0.05, 0) is 18.2 Å². The highest BCUT2D eigenvalue weighted by Gasteiger charge is 2.13. The maximum Gasteiger partial charge on any atom is 0.337 e. The van der Waals surface area contributed by atoms with Gasteiger partial charge in [0.15, 0.2) is 0 Å². The van der Waals surface area contributed by atoms with Crippen LogP contribution < -0.4 is 10.6 Å². The molecule has 1 rings (SSSR count). The van der Waals surface area contributed by atoms with Crippen molar-refractivity contribution in [1.82, 2.24) is 5.32 Å². The number of benzene rings is 1. The molecule has 3 N–H and O–H groups in total. The highest BCUT2D eigenvalue weighted by atomic mass is 79.9. The quantitative estimate of drug-likeness (QED) is 0.797. The molecule has 8 heteroatoms. The summed E-state index contributed by atoms with van der Waals surface area (Å²) in [5.74, 6) is -1.23. The van der Waals surface area contributed by atoms with Gasteiger partial charge >= 0.3 is 12.0 Å². The van der Waals surface area contributed by atoms with Crippen LogP contribution in [0.4, 0.5) is 19.3 Å². The lowest BCUT2D eigenvalue weighted by Crippen LogP contribution is -2.33.